The molecule has 22 heavy (non-hydrogen) atoms. The number of ether oxygens (including phenoxy) is 1. The van der Waals surface area contributed by atoms with Crippen molar-refractivity contribution in [3.8, 4) is 12.3 Å². The van der Waals surface area contributed by atoms with E-state index in [-0.39, 0.29) is 38.3 Å². The lowest BCUT2D eigenvalue weighted by atomic mass is 10.2. The Balaban J connectivity index is 4.73. The highest BCUT2D eigenvalue weighted by molar-refractivity contribution is 5.80. The highest BCUT2D eigenvalue weighted by atomic mass is 16.6. The van der Waals surface area contributed by atoms with Crippen LogP contribution in [0.15, 0.2) is 0 Å². The van der Waals surface area contributed by atoms with Gasteiger partial charge in [-0.2, -0.15) is 0 Å². The number of nitrogens with two attached hydrogens (primary N) is 1. The van der Waals surface area contributed by atoms with Gasteiger partial charge in [-0.05, 0) is 20.8 Å². The highest BCUT2D eigenvalue weighted by Crippen LogP contribution is 2.09. The molecule has 0 rings (SSSR count). The van der Waals surface area contributed by atoms with Crippen molar-refractivity contribution in [1.82, 2.24) is 4.90 Å². The van der Waals surface area contributed by atoms with Gasteiger partial charge in [0.2, 0.25) is 5.91 Å². The van der Waals surface area contributed by atoms with Gasteiger partial charge < -0.3 is 20.5 Å². The number of carboxylic acid groups (broad SMARTS) is 1. The minimum atomic E-state index is -1.04. The summed E-state index contributed by atoms with van der Waals surface area (Å²) >= 11 is 0. The van der Waals surface area contributed by atoms with Crippen molar-refractivity contribution < 1.29 is 24.2 Å². The third-order valence-electron chi connectivity index (χ3n) is 2.56. The molecule has 0 aliphatic carbocycles. The average molecular weight is 312 g/mol. The maximum Gasteiger partial charge on any atom is 0.325 e. The first-order valence-electron chi connectivity index (χ1n) is 6.98. The lowest BCUT2D eigenvalue weighted by Gasteiger charge is -2.27. The molecule has 0 aliphatic rings. The Labute approximate surface area is 130 Å². The summed E-state index contributed by atoms with van der Waals surface area (Å²) in [5.74, 6) is 0.322. The third kappa shape index (κ3) is 8.97. The van der Waals surface area contributed by atoms with E-state index in [1.54, 1.807) is 20.8 Å². The monoisotopic (exact) mass is 312 g/mol. The summed E-state index contributed by atoms with van der Waals surface area (Å²) in [5.41, 5.74) is 5.06. The zero-order valence-corrected chi connectivity index (χ0v) is 13.3. The maximum atomic E-state index is 12.0. The number of amides is 1. The molecule has 124 valence electrons. The fourth-order valence-electron chi connectivity index (χ4n) is 1.58. The van der Waals surface area contributed by atoms with Crippen molar-refractivity contribution in [1.29, 1.82) is 0 Å². The van der Waals surface area contributed by atoms with Crippen LogP contribution in [0.1, 0.15) is 40.0 Å². The van der Waals surface area contributed by atoms with Crippen molar-refractivity contribution in [2.45, 2.75) is 51.7 Å². The van der Waals surface area contributed by atoms with Crippen LogP contribution >= 0.6 is 0 Å². The first kappa shape index (κ1) is 19.9. The molecule has 0 fully saturated rings. The molecule has 7 nitrogen and oxygen atoms in total. The molecule has 0 heterocycles. The number of terminal acetylenes is 1. The molecule has 7 heteroatoms. The van der Waals surface area contributed by atoms with E-state index in [4.69, 9.17) is 22.0 Å². The van der Waals surface area contributed by atoms with Gasteiger partial charge in [-0.1, -0.05) is 0 Å². The fourth-order valence-corrected chi connectivity index (χ4v) is 1.58. The number of carbonyl (C=O) groups is 3. The van der Waals surface area contributed by atoms with Crippen molar-refractivity contribution in [2.24, 2.45) is 5.73 Å². The average Bonchev–Trinajstić information content (AvgIpc) is 2.38. The first-order valence-corrected chi connectivity index (χ1v) is 6.98. The van der Waals surface area contributed by atoms with Gasteiger partial charge in [0.25, 0.3) is 0 Å². The van der Waals surface area contributed by atoms with Gasteiger partial charge in [-0.15, -0.1) is 12.3 Å². The second-order valence-corrected chi connectivity index (χ2v) is 5.83. The molecule has 0 saturated heterocycles. The predicted octanol–water partition coefficient (Wildman–Crippen LogP) is 0.372. The summed E-state index contributed by atoms with van der Waals surface area (Å²) in [6.45, 7) is 4.98. The summed E-state index contributed by atoms with van der Waals surface area (Å²) in [5, 5.41) is 8.72. The van der Waals surface area contributed by atoms with Crippen LogP contribution in [-0.2, 0) is 19.1 Å². The minimum absolute atomic E-state index is 0.0325. The number of carboxylic acids is 1. The summed E-state index contributed by atoms with van der Waals surface area (Å²) in [6, 6.07) is -1.04. The molecule has 0 radical (unpaired) electrons. The zero-order chi connectivity index (χ0) is 17.3. The largest absolute Gasteiger partial charge is 0.481 e. The van der Waals surface area contributed by atoms with Gasteiger partial charge in [0.05, 0.1) is 6.42 Å². The Bertz CT molecular complexity index is 448. The molecular weight excluding hydrogens is 288 g/mol. The lowest BCUT2D eigenvalue weighted by Crippen LogP contribution is -2.48. The fraction of sp³-hybridized carbons (Fsp3) is 0.667. The second kappa shape index (κ2) is 9.05. The summed E-state index contributed by atoms with van der Waals surface area (Å²) in [6.07, 6.45) is 5.19. The Morgan fingerprint density at radius 2 is 1.91 bits per heavy atom. The number of rotatable bonds is 8. The van der Waals surface area contributed by atoms with E-state index in [1.807, 2.05) is 0 Å². The second-order valence-electron chi connectivity index (χ2n) is 5.83. The van der Waals surface area contributed by atoms with Gasteiger partial charge in [0, 0.05) is 25.9 Å². The number of esters is 1. The lowest BCUT2D eigenvalue weighted by molar-refractivity contribution is -0.157. The molecule has 0 aromatic heterocycles. The van der Waals surface area contributed by atoms with Gasteiger partial charge in [-0.25, -0.2) is 0 Å². The van der Waals surface area contributed by atoms with Gasteiger partial charge in [-0.3, -0.25) is 14.4 Å². The van der Waals surface area contributed by atoms with E-state index < -0.39 is 23.6 Å². The van der Waals surface area contributed by atoms with Crippen molar-refractivity contribution in [3.05, 3.63) is 0 Å². The first-order chi connectivity index (χ1) is 10.1. The quantitative estimate of drug-likeness (QED) is 0.495. The molecular formula is C15H24N2O5. The summed E-state index contributed by atoms with van der Waals surface area (Å²) in [4.78, 5) is 35.7. The van der Waals surface area contributed by atoms with E-state index >= 15 is 0 Å². The van der Waals surface area contributed by atoms with Crippen LogP contribution in [0.25, 0.3) is 0 Å². The summed E-state index contributed by atoms with van der Waals surface area (Å²) in [7, 11) is 0. The van der Waals surface area contributed by atoms with E-state index in [1.165, 1.54) is 4.90 Å². The van der Waals surface area contributed by atoms with Crippen LogP contribution in [0.2, 0.25) is 0 Å². The SMILES string of the molecule is C#CCCC(=O)N(CCC(=O)O)CC(N)C(=O)OC(C)(C)C. The Morgan fingerprint density at radius 1 is 1.32 bits per heavy atom. The maximum absolute atomic E-state index is 12.0. The molecule has 0 aromatic carbocycles. The van der Waals surface area contributed by atoms with Crippen molar-refractivity contribution >= 4 is 17.8 Å². The molecule has 0 bridgehead atoms. The Morgan fingerprint density at radius 3 is 2.36 bits per heavy atom. The smallest absolute Gasteiger partial charge is 0.325 e. The zero-order valence-electron chi connectivity index (χ0n) is 13.3. The van der Waals surface area contributed by atoms with E-state index in [2.05, 4.69) is 5.92 Å². The minimum Gasteiger partial charge on any atom is -0.481 e. The van der Waals surface area contributed by atoms with Crippen LogP contribution < -0.4 is 5.73 Å². The molecule has 0 spiro atoms. The predicted molar refractivity (Wildman–Crippen MR) is 80.7 cm³/mol. The molecule has 3 N–H and O–H groups in total. The van der Waals surface area contributed by atoms with Crippen LogP contribution in [0, 0.1) is 12.3 Å². The molecule has 0 aromatic rings. The molecule has 0 aliphatic heterocycles. The Hall–Kier alpha value is -2.07. The van der Waals surface area contributed by atoms with E-state index in [0.717, 1.165) is 0 Å². The van der Waals surface area contributed by atoms with Gasteiger partial charge in [0.1, 0.15) is 11.6 Å². The molecule has 0 saturated carbocycles. The highest BCUT2D eigenvalue weighted by Gasteiger charge is 2.26. The number of nitrogens with zero attached hydrogens (tertiary/aromatic N) is 1. The topological polar surface area (TPSA) is 110 Å². The van der Waals surface area contributed by atoms with Crippen molar-refractivity contribution in [2.75, 3.05) is 13.1 Å². The Kier molecular flexibility index (Phi) is 8.20. The van der Waals surface area contributed by atoms with E-state index in [0.29, 0.717) is 0 Å². The number of hydrogen-bond acceptors (Lipinski definition) is 5. The normalized spacial score (nSPS) is 12.1. The number of aliphatic carboxylic acids is 1. The van der Waals surface area contributed by atoms with Crippen LogP contribution in [0.5, 0.6) is 0 Å². The number of hydrogen-bond donors (Lipinski definition) is 2. The van der Waals surface area contributed by atoms with Crippen LogP contribution in [0.4, 0.5) is 0 Å². The van der Waals surface area contributed by atoms with Crippen LogP contribution in [-0.4, -0.2) is 52.6 Å². The van der Waals surface area contributed by atoms with Crippen molar-refractivity contribution in [3.63, 3.8) is 0 Å². The molecule has 1 unspecified atom stereocenters. The molecule has 1 atom stereocenters. The van der Waals surface area contributed by atoms with E-state index in [9.17, 15) is 14.4 Å². The summed E-state index contributed by atoms with van der Waals surface area (Å²) < 4.78 is 5.14. The van der Waals surface area contributed by atoms with Gasteiger partial charge >= 0.3 is 11.9 Å². The number of carbonyl (C=O) groups excluding carboxylic acids is 2. The standard InChI is InChI=1S/C15H24N2O5/c1-5-6-7-12(18)17(9-8-13(19)20)10-11(16)14(21)22-15(2,3)4/h1,11H,6-10,16H2,2-4H3,(H,19,20). The van der Waals surface area contributed by atoms with Crippen LogP contribution in [0.3, 0.4) is 0 Å². The van der Waals surface area contributed by atoms with Gasteiger partial charge in [0.15, 0.2) is 0 Å². The third-order valence-corrected chi connectivity index (χ3v) is 2.56. The molecule has 1 amide bonds.